The molecular weight excluding hydrogens is 332 g/mol. The van der Waals surface area contributed by atoms with Crippen LogP contribution in [0.1, 0.15) is 5.56 Å². The molecule has 124 valence electrons. The van der Waals surface area contributed by atoms with Gasteiger partial charge in [0, 0.05) is 16.8 Å². The van der Waals surface area contributed by atoms with E-state index in [1.165, 1.54) is 0 Å². The van der Waals surface area contributed by atoms with Crippen LogP contribution in [-0.4, -0.2) is 25.0 Å². The second-order valence-electron chi connectivity index (χ2n) is 5.29. The Morgan fingerprint density at radius 3 is 2.96 bits per heavy atom. The molecule has 0 saturated carbocycles. The van der Waals surface area contributed by atoms with Crippen molar-refractivity contribution in [3.63, 3.8) is 0 Å². The maximum atomic E-state index is 12.0. The maximum Gasteiger partial charge on any atom is 0.262 e. The molecule has 6 nitrogen and oxygen atoms in total. The quantitative estimate of drug-likeness (QED) is 0.892. The fourth-order valence-corrected chi connectivity index (χ4v) is 2.48. The minimum atomic E-state index is -0.293. The van der Waals surface area contributed by atoms with Crippen molar-refractivity contribution in [1.82, 2.24) is 0 Å². The highest BCUT2D eigenvalue weighted by Gasteiger charge is 2.16. The third kappa shape index (κ3) is 3.78. The van der Waals surface area contributed by atoms with E-state index in [2.05, 4.69) is 10.6 Å². The summed E-state index contributed by atoms with van der Waals surface area (Å²) in [4.78, 5) is 23.3. The predicted octanol–water partition coefficient (Wildman–Crippen LogP) is 3.00. The van der Waals surface area contributed by atoms with Gasteiger partial charge in [0.15, 0.2) is 13.2 Å². The van der Waals surface area contributed by atoms with Gasteiger partial charge in [-0.2, -0.15) is 0 Å². The number of carbonyl (C=O) groups excluding carboxylic acids is 2. The number of hydrogen-bond donors (Lipinski definition) is 2. The Balaban J connectivity index is 1.60. The van der Waals surface area contributed by atoms with E-state index < -0.39 is 0 Å². The molecule has 1 heterocycles. The topological polar surface area (TPSA) is 76.7 Å². The van der Waals surface area contributed by atoms with E-state index >= 15 is 0 Å². The molecule has 0 unspecified atom stereocenters. The van der Waals surface area contributed by atoms with E-state index in [-0.39, 0.29) is 25.0 Å². The molecule has 2 aromatic carbocycles. The Morgan fingerprint density at radius 2 is 2.17 bits per heavy atom. The first kappa shape index (κ1) is 16.1. The summed E-state index contributed by atoms with van der Waals surface area (Å²) in [7, 11) is 0. The van der Waals surface area contributed by atoms with E-state index in [4.69, 9.17) is 21.1 Å². The molecule has 24 heavy (non-hydrogen) atoms. The zero-order chi connectivity index (χ0) is 17.1. The summed E-state index contributed by atoms with van der Waals surface area (Å²) in [6.45, 7) is 1.69. The molecule has 2 N–H and O–H groups in total. The Hall–Kier alpha value is -2.73. The molecule has 0 bridgehead atoms. The number of carbonyl (C=O) groups is 2. The molecule has 2 amide bonds. The largest absolute Gasteiger partial charge is 0.484 e. The molecule has 1 aliphatic rings. The molecule has 0 radical (unpaired) electrons. The van der Waals surface area contributed by atoms with Crippen LogP contribution in [0.25, 0.3) is 0 Å². The van der Waals surface area contributed by atoms with Crippen molar-refractivity contribution >= 4 is 34.8 Å². The van der Waals surface area contributed by atoms with Gasteiger partial charge in [0.25, 0.3) is 11.8 Å². The van der Waals surface area contributed by atoms with Crippen molar-refractivity contribution in [3.8, 4) is 11.5 Å². The van der Waals surface area contributed by atoms with Gasteiger partial charge in [-0.3, -0.25) is 9.59 Å². The molecule has 0 atom stereocenters. The number of nitrogens with one attached hydrogen (secondary N) is 2. The fourth-order valence-electron chi connectivity index (χ4n) is 2.25. The second kappa shape index (κ2) is 6.80. The number of fused-ring (bicyclic) bond motifs is 1. The molecule has 1 aliphatic heterocycles. The standard InChI is InChI=1S/C17H15ClN2O4/c1-10-6-11(18)2-4-13(10)19-16(21)8-23-12-3-5-15-14(7-12)20-17(22)9-24-15/h2-7H,8-9H2,1H3,(H,19,21)(H,20,22). The number of ether oxygens (including phenoxy) is 2. The first-order chi connectivity index (χ1) is 11.5. The minimum Gasteiger partial charge on any atom is -0.484 e. The molecule has 2 aromatic rings. The third-order valence-corrected chi connectivity index (χ3v) is 3.65. The number of rotatable bonds is 4. The normalized spacial score (nSPS) is 12.7. The number of hydrogen-bond acceptors (Lipinski definition) is 4. The van der Waals surface area contributed by atoms with Crippen molar-refractivity contribution in [2.45, 2.75) is 6.92 Å². The number of aryl methyl sites for hydroxylation is 1. The van der Waals surface area contributed by atoms with Crippen LogP contribution < -0.4 is 20.1 Å². The van der Waals surface area contributed by atoms with Crippen molar-refractivity contribution in [3.05, 3.63) is 47.0 Å². The van der Waals surface area contributed by atoms with Crippen LogP contribution in [0.5, 0.6) is 11.5 Å². The van der Waals surface area contributed by atoms with Gasteiger partial charge in [0.05, 0.1) is 5.69 Å². The van der Waals surface area contributed by atoms with Crippen LogP contribution >= 0.6 is 11.6 Å². The molecule has 0 spiro atoms. The molecule has 0 saturated heterocycles. The SMILES string of the molecule is Cc1cc(Cl)ccc1NC(=O)COc1ccc2c(c1)NC(=O)CO2. The van der Waals surface area contributed by atoms with E-state index in [0.29, 0.717) is 27.9 Å². The molecule has 0 aliphatic carbocycles. The van der Waals surface area contributed by atoms with Crippen LogP contribution in [0.2, 0.25) is 5.02 Å². The summed E-state index contributed by atoms with van der Waals surface area (Å²) in [5.74, 6) is 0.514. The highest BCUT2D eigenvalue weighted by Crippen LogP contribution is 2.31. The number of amides is 2. The van der Waals surface area contributed by atoms with Crippen molar-refractivity contribution in [2.75, 3.05) is 23.8 Å². The molecule has 3 rings (SSSR count). The number of benzene rings is 2. The third-order valence-electron chi connectivity index (χ3n) is 3.42. The van der Waals surface area contributed by atoms with Crippen LogP contribution in [0.4, 0.5) is 11.4 Å². The lowest BCUT2D eigenvalue weighted by Crippen LogP contribution is -2.25. The van der Waals surface area contributed by atoms with Gasteiger partial charge >= 0.3 is 0 Å². The summed E-state index contributed by atoms with van der Waals surface area (Å²) in [6.07, 6.45) is 0. The monoisotopic (exact) mass is 346 g/mol. The van der Waals surface area contributed by atoms with Crippen molar-refractivity contribution in [2.24, 2.45) is 0 Å². The zero-order valence-electron chi connectivity index (χ0n) is 12.9. The zero-order valence-corrected chi connectivity index (χ0v) is 13.6. The van der Waals surface area contributed by atoms with Gasteiger partial charge < -0.3 is 20.1 Å². The van der Waals surface area contributed by atoms with E-state index in [1.807, 2.05) is 6.92 Å². The summed E-state index contributed by atoms with van der Waals surface area (Å²) >= 11 is 5.89. The lowest BCUT2D eigenvalue weighted by atomic mass is 10.2. The number of anilines is 2. The Morgan fingerprint density at radius 1 is 1.33 bits per heavy atom. The van der Waals surface area contributed by atoms with Gasteiger partial charge in [-0.1, -0.05) is 11.6 Å². The lowest BCUT2D eigenvalue weighted by molar-refractivity contribution is -0.119. The van der Waals surface area contributed by atoms with Gasteiger partial charge in [0.2, 0.25) is 0 Å². The average Bonchev–Trinajstić information content (AvgIpc) is 2.55. The first-order valence-corrected chi connectivity index (χ1v) is 7.64. The molecule has 7 heteroatoms. The Kier molecular flexibility index (Phi) is 4.57. The first-order valence-electron chi connectivity index (χ1n) is 7.27. The summed E-state index contributed by atoms with van der Waals surface area (Å²) in [6, 6.07) is 10.2. The van der Waals surface area contributed by atoms with Gasteiger partial charge in [-0.15, -0.1) is 0 Å². The molecule has 0 aromatic heterocycles. The van der Waals surface area contributed by atoms with Crippen LogP contribution in [0, 0.1) is 6.92 Å². The highest BCUT2D eigenvalue weighted by molar-refractivity contribution is 6.30. The highest BCUT2D eigenvalue weighted by atomic mass is 35.5. The van der Waals surface area contributed by atoms with Gasteiger partial charge in [-0.25, -0.2) is 0 Å². The smallest absolute Gasteiger partial charge is 0.262 e. The summed E-state index contributed by atoms with van der Waals surface area (Å²) < 4.78 is 10.7. The Bertz CT molecular complexity index is 807. The maximum absolute atomic E-state index is 12.0. The fraction of sp³-hybridized carbons (Fsp3) is 0.176. The van der Waals surface area contributed by atoms with Gasteiger partial charge in [0.1, 0.15) is 11.5 Å². The number of halogens is 1. The van der Waals surface area contributed by atoms with Crippen molar-refractivity contribution in [1.29, 1.82) is 0 Å². The van der Waals surface area contributed by atoms with E-state index in [9.17, 15) is 9.59 Å². The second-order valence-corrected chi connectivity index (χ2v) is 5.73. The molecular formula is C17H15ClN2O4. The van der Waals surface area contributed by atoms with Crippen LogP contribution in [0.3, 0.4) is 0 Å². The average molecular weight is 347 g/mol. The van der Waals surface area contributed by atoms with Crippen LogP contribution in [0.15, 0.2) is 36.4 Å². The summed E-state index contributed by atoms with van der Waals surface area (Å²) in [5, 5.41) is 6.05. The summed E-state index contributed by atoms with van der Waals surface area (Å²) in [5.41, 5.74) is 2.07. The Labute approximate surface area is 143 Å². The van der Waals surface area contributed by atoms with Crippen molar-refractivity contribution < 1.29 is 19.1 Å². The molecule has 0 fully saturated rings. The van der Waals surface area contributed by atoms with E-state index in [1.54, 1.807) is 36.4 Å². The predicted molar refractivity (Wildman–Crippen MR) is 90.9 cm³/mol. The lowest BCUT2D eigenvalue weighted by Gasteiger charge is -2.18. The van der Waals surface area contributed by atoms with Gasteiger partial charge in [-0.05, 0) is 42.8 Å². The minimum absolute atomic E-state index is 0.00392. The van der Waals surface area contributed by atoms with Crippen LogP contribution in [-0.2, 0) is 9.59 Å². The van der Waals surface area contributed by atoms with E-state index in [0.717, 1.165) is 5.56 Å².